The second-order valence-electron chi connectivity index (χ2n) is 3.68. The van der Waals surface area contributed by atoms with Gasteiger partial charge < -0.3 is 15.9 Å². The lowest BCUT2D eigenvalue weighted by Crippen LogP contribution is -2.17. The first-order chi connectivity index (χ1) is 8.41. The summed E-state index contributed by atoms with van der Waals surface area (Å²) < 4.78 is 0. The number of carboxylic acid groups (broad SMARTS) is 2. The van der Waals surface area contributed by atoms with Gasteiger partial charge in [-0.05, 0) is 18.9 Å². The van der Waals surface area contributed by atoms with Gasteiger partial charge in [0.15, 0.2) is 0 Å². The molecule has 0 radical (unpaired) electrons. The molecule has 18 heavy (non-hydrogen) atoms. The van der Waals surface area contributed by atoms with Crippen molar-refractivity contribution in [3.05, 3.63) is 48.0 Å². The number of nitrogens with two attached hydrogens (primary N) is 1. The van der Waals surface area contributed by atoms with Crippen LogP contribution in [0.2, 0.25) is 0 Å². The molecule has 0 aliphatic carbocycles. The Labute approximate surface area is 106 Å². The Hall–Kier alpha value is -2.14. The largest absolute Gasteiger partial charge is 0.478 e. The van der Waals surface area contributed by atoms with Crippen molar-refractivity contribution in [2.45, 2.75) is 19.4 Å². The van der Waals surface area contributed by atoms with E-state index in [4.69, 9.17) is 15.9 Å². The summed E-state index contributed by atoms with van der Waals surface area (Å²) in [5.74, 6) is -2.51. The first kappa shape index (κ1) is 15.9. The van der Waals surface area contributed by atoms with Crippen LogP contribution < -0.4 is 5.73 Å². The third-order valence-corrected chi connectivity index (χ3v) is 1.77. The second-order valence-corrected chi connectivity index (χ2v) is 3.68. The molecule has 98 valence electrons. The van der Waals surface area contributed by atoms with Crippen molar-refractivity contribution >= 4 is 11.9 Å². The van der Waals surface area contributed by atoms with E-state index in [1.165, 1.54) is 5.56 Å². The van der Waals surface area contributed by atoms with Gasteiger partial charge >= 0.3 is 11.9 Å². The Morgan fingerprint density at radius 2 is 1.61 bits per heavy atom. The number of carbonyl (C=O) groups is 2. The minimum atomic E-state index is -1.26. The van der Waals surface area contributed by atoms with Crippen molar-refractivity contribution in [2.75, 3.05) is 0 Å². The molecule has 0 heterocycles. The summed E-state index contributed by atoms with van der Waals surface area (Å²) in [6, 6.07) is 10.6. The Morgan fingerprint density at radius 3 is 1.94 bits per heavy atom. The number of hydrogen-bond acceptors (Lipinski definition) is 3. The van der Waals surface area contributed by atoms with Crippen LogP contribution in [0.1, 0.15) is 12.5 Å². The van der Waals surface area contributed by atoms with Gasteiger partial charge in [0.25, 0.3) is 0 Å². The standard InChI is InChI=1S/C9H13N.C4H4O4/c1-8(10)7-9-5-3-2-4-6-9;5-3(6)1-2-4(7)8/h2-6,8H,7,10H2,1H3;1-2H,(H,5,6)(H,7,8)/b;2-1-. The fourth-order valence-electron chi connectivity index (χ4n) is 1.13. The van der Waals surface area contributed by atoms with Crippen molar-refractivity contribution in [1.29, 1.82) is 0 Å². The third-order valence-electron chi connectivity index (χ3n) is 1.77. The predicted octanol–water partition coefficient (Wildman–Crippen LogP) is 1.29. The van der Waals surface area contributed by atoms with E-state index in [1.54, 1.807) is 0 Å². The SMILES string of the molecule is CC(N)Cc1ccccc1.O=C(O)/C=C\C(=O)O. The molecule has 1 unspecified atom stereocenters. The third kappa shape index (κ3) is 10.4. The molecule has 1 aromatic carbocycles. The number of aliphatic carboxylic acids is 2. The lowest BCUT2D eigenvalue weighted by molar-refractivity contribution is -0.134. The van der Waals surface area contributed by atoms with Crippen LogP contribution in [0.15, 0.2) is 42.5 Å². The number of hydrogen-bond donors (Lipinski definition) is 3. The van der Waals surface area contributed by atoms with E-state index in [9.17, 15) is 9.59 Å². The van der Waals surface area contributed by atoms with Crippen LogP contribution in [0.5, 0.6) is 0 Å². The van der Waals surface area contributed by atoms with Crippen molar-refractivity contribution in [2.24, 2.45) is 5.73 Å². The van der Waals surface area contributed by atoms with E-state index < -0.39 is 11.9 Å². The van der Waals surface area contributed by atoms with Crippen molar-refractivity contribution < 1.29 is 19.8 Å². The molecule has 0 aliphatic rings. The molecular weight excluding hydrogens is 234 g/mol. The monoisotopic (exact) mass is 251 g/mol. The molecule has 0 aliphatic heterocycles. The van der Waals surface area contributed by atoms with E-state index in [1.807, 2.05) is 25.1 Å². The molecule has 0 saturated heterocycles. The van der Waals surface area contributed by atoms with Gasteiger partial charge in [0.1, 0.15) is 0 Å². The van der Waals surface area contributed by atoms with E-state index in [0.717, 1.165) is 6.42 Å². The minimum absolute atomic E-state index is 0.266. The molecular formula is C13H17NO4. The molecule has 0 bridgehead atoms. The average Bonchev–Trinajstić information content (AvgIpc) is 2.28. The van der Waals surface area contributed by atoms with Gasteiger partial charge in [-0.3, -0.25) is 0 Å². The minimum Gasteiger partial charge on any atom is -0.478 e. The quantitative estimate of drug-likeness (QED) is 0.700. The molecule has 1 aromatic rings. The molecule has 1 atom stereocenters. The van der Waals surface area contributed by atoms with Crippen LogP contribution in [0.4, 0.5) is 0 Å². The highest BCUT2D eigenvalue weighted by Gasteiger charge is 1.94. The zero-order valence-corrected chi connectivity index (χ0v) is 10.1. The Kier molecular flexibility index (Phi) is 7.89. The molecule has 5 nitrogen and oxygen atoms in total. The highest BCUT2D eigenvalue weighted by atomic mass is 16.4. The first-order valence-electron chi connectivity index (χ1n) is 5.35. The fourth-order valence-corrected chi connectivity index (χ4v) is 1.13. The van der Waals surface area contributed by atoms with Gasteiger partial charge in [-0.15, -0.1) is 0 Å². The summed E-state index contributed by atoms with van der Waals surface area (Å²) in [6.07, 6.45) is 2.09. The van der Waals surface area contributed by atoms with Gasteiger partial charge in [0.2, 0.25) is 0 Å². The van der Waals surface area contributed by atoms with Gasteiger partial charge in [0, 0.05) is 18.2 Å². The smallest absolute Gasteiger partial charge is 0.328 e. The van der Waals surface area contributed by atoms with E-state index in [0.29, 0.717) is 12.2 Å². The van der Waals surface area contributed by atoms with Gasteiger partial charge in [-0.2, -0.15) is 0 Å². The molecule has 5 heteroatoms. The molecule has 0 amide bonds. The number of rotatable bonds is 4. The first-order valence-corrected chi connectivity index (χ1v) is 5.35. The molecule has 0 aromatic heterocycles. The Morgan fingerprint density at radius 1 is 1.17 bits per heavy atom. The normalized spacial score (nSPS) is 11.4. The van der Waals surface area contributed by atoms with Crippen molar-refractivity contribution in [1.82, 2.24) is 0 Å². The summed E-state index contributed by atoms with van der Waals surface area (Å²) in [5.41, 5.74) is 6.94. The van der Waals surface area contributed by atoms with Crippen LogP contribution >= 0.6 is 0 Å². The Balaban J connectivity index is 0.000000331. The van der Waals surface area contributed by atoms with Crippen LogP contribution in [0, 0.1) is 0 Å². The van der Waals surface area contributed by atoms with Crippen molar-refractivity contribution in [3.63, 3.8) is 0 Å². The Bertz CT molecular complexity index is 383. The summed E-state index contributed by atoms with van der Waals surface area (Å²) >= 11 is 0. The van der Waals surface area contributed by atoms with Gasteiger partial charge in [-0.1, -0.05) is 30.3 Å². The lowest BCUT2D eigenvalue weighted by atomic mass is 10.1. The summed E-state index contributed by atoms with van der Waals surface area (Å²) in [4.78, 5) is 19.1. The number of carboxylic acids is 2. The average molecular weight is 251 g/mol. The fraction of sp³-hybridized carbons (Fsp3) is 0.231. The van der Waals surface area contributed by atoms with Crippen LogP contribution in [0.25, 0.3) is 0 Å². The van der Waals surface area contributed by atoms with Crippen LogP contribution in [0.3, 0.4) is 0 Å². The second kappa shape index (κ2) is 8.95. The number of benzene rings is 1. The summed E-state index contributed by atoms with van der Waals surface area (Å²) in [6.45, 7) is 2.02. The van der Waals surface area contributed by atoms with Gasteiger partial charge in [-0.25, -0.2) is 9.59 Å². The molecule has 1 rings (SSSR count). The maximum absolute atomic E-state index is 9.55. The zero-order chi connectivity index (χ0) is 14.0. The van der Waals surface area contributed by atoms with E-state index >= 15 is 0 Å². The van der Waals surface area contributed by atoms with Crippen molar-refractivity contribution in [3.8, 4) is 0 Å². The summed E-state index contributed by atoms with van der Waals surface area (Å²) in [5, 5.41) is 15.6. The molecule has 4 N–H and O–H groups in total. The molecule has 0 saturated carbocycles. The van der Waals surface area contributed by atoms with E-state index in [2.05, 4.69) is 12.1 Å². The summed E-state index contributed by atoms with van der Waals surface area (Å²) in [7, 11) is 0. The highest BCUT2D eigenvalue weighted by Crippen LogP contribution is 2.00. The lowest BCUT2D eigenvalue weighted by Gasteiger charge is -2.02. The van der Waals surface area contributed by atoms with E-state index in [-0.39, 0.29) is 6.04 Å². The maximum Gasteiger partial charge on any atom is 0.328 e. The molecule has 0 fully saturated rings. The highest BCUT2D eigenvalue weighted by molar-refractivity contribution is 5.89. The zero-order valence-electron chi connectivity index (χ0n) is 10.1. The molecule has 0 spiro atoms. The maximum atomic E-state index is 9.55. The van der Waals surface area contributed by atoms with Crippen LogP contribution in [-0.4, -0.2) is 28.2 Å². The van der Waals surface area contributed by atoms with Crippen LogP contribution in [-0.2, 0) is 16.0 Å². The predicted molar refractivity (Wildman–Crippen MR) is 68.2 cm³/mol. The van der Waals surface area contributed by atoms with Gasteiger partial charge in [0.05, 0.1) is 0 Å². The topological polar surface area (TPSA) is 101 Å².